The quantitative estimate of drug-likeness (QED) is 0.782. The first-order valence-electron chi connectivity index (χ1n) is 4.26. The van der Waals surface area contributed by atoms with Gasteiger partial charge in [0.2, 0.25) is 5.89 Å². The van der Waals surface area contributed by atoms with Gasteiger partial charge in [0.05, 0.1) is 5.69 Å². The van der Waals surface area contributed by atoms with Crippen LogP contribution in [0.25, 0.3) is 0 Å². The summed E-state index contributed by atoms with van der Waals surface area (Å²) in [6.45, 7) is 2.52. The molecule has 0 aromatic carbocycles. The van der Waals surface area contributed by atoms with E-state index < -0.39 is 0 Å². The molecule has 0 saturated heterocycles. The zero-order valence-electron chi connectivity index (χ0n) is 7.73. The van der Waals surface area contributed by atoms with Crippen molar-refractivity contribution in [2.45, 2.75) is 13.3 Å². The van der Waals surface area contributed by atoms with Crippen LogP contribution in [0.3, 0.4) is 0 Å². The summed E-state index contributed by atoms with van der Waals surface area (Å²) in [5, 5.41) is 6.50. The lowest BCUT2D eigenvalue weighted by atomic mass is 10.4. The van der Waals surface area contributed by atoms with E-state index in [2.05, 4.69) is 20.4 Å². The maximum Gasteiger partial charge on any atom is 0.294 e. The molecule has 0 saturated carbocycles. The van der Waals surface area contributed by atoms with Gasteiger partial charge in [-0.15, -0.1) is 0 Å². The maximum atomic E-state index is 5.09. The lowest BCUT2D eigenvalue weighted by Gasteiger charge is -1.96. The first-order valence-corrected chi connectivity index (χ1v) is 4.26. The van der Waals surface area contributed by atoms with E-state index in [1.807, 2.05) is 6.92 Å². The third kappa shape index (κ3) is 2.09. The molecule has 14 heavy (non-hydrogen) atoms. The van der Waals surface area contributed by atoms with Gasteiger partial charge < -0.3 is 14.3 Å². The summed E-state index contributed by atoms with van der Waals surface area (Å²) in [7, 11) is 0. The molecule has 0 spiro atoms. The number of hydrogen-bond donors (Lipinski definition) is 1. The van der Waals surface area contributed by atoms with Gasteiger partial charge in [-0.25, -0.2) is 0 Å². The Morgan fingerprint density at radius 3 is 3.07 bits per heavy atom. The summed E-state index contributed by atoms with van der Waals surface area (Å²) in [4.78, 5) is 7.97. The van der Waals surface area contributed by atoms with E-state index in [9.17, 15) is 0 Å². The highest BCUT2D eigenvalue weighted by molar-refractivity contribution is 5.20. The van der Waals surface area contributed by atoms with Crippen LogP contribution in [0, 0.1) is 6.92 Å². The Kier molecular flexibility index (Phi) is 2.44. The first kappa shape index (κ1) is 8.74. The van der Waals surface area contributed by atoms with Crippen LogP contribution in [0.2, 0.25) is 0 Å². The molecule has 6 nitrogen and oxygen atoms in total. The molecule has 2 rings (SSSR count). The van der Waals surface area contributed by atoms with Crippen LogP contribution in [0.1, 0.15) is 11.6 Å². The fraction of sp³-hybridized carbons (Fsp3) is 0.375. The monoisotopic (exact) mass is 194 g/mol. The summed E-state index contributed by atoms with van der Waals surface area (Å²) >= 11 is 0. The second-order valence-corrected chi connectivity index (χ2v) is 2.81. The third-order valence-corrected chi connectivity index (χ3v) is 1.64. The van der Waals surface area contributed by atoms with Gasteiger partial charge in [0.25, 0.3) is 6.01 Å². The number of rotatable bonds is 4. The van der Waals surface area contributed by atoms with Crippen molar-refractivity contribution in [3.63, 3.8) is 0 Å². The topological polar surface area (TPSA) is 77.0 Å². The molecule has 0 fully saturated rings. The molecule has 74 valence electrons. The second-order valence-electron chi connectivity index (χ2n) is 2.81. The third-order valence-electron chi connectivity index (χ3n) is 1.64. The number of nitrogens with one attached hydrogen (secondary N) is 1. The minimum absolute atomic E-state index is 0.516. The summed E-state index contributed by atoms with van der Waals surface area (Å²) in [6, 6.07) is 0.516. The van der Waals surface area contributed by atoms with Crippen LogP contribution in [0.4, 0.5) is 6.01 Å². The molecule has 0 aliphatic carbocycles. The predicted octanol–water partition coefficient (Wildman–Crippen LogP) is 1.02. The van der Waals surface area contributed by atoms with Gasteiger partial charge in [-0.3, -0.25) is 0 Å². The van der Waals surface area contributed by atoms with Crippen molar-refractivity contribution in [2.75, 3.05) is 11.9 Å². The minimum atomic E-state index is 0.516. The maximum absolute atomic E-state index is 5.09. The molecule has 0 bridgehead atoms. The molecule has 2 aromatic heterocycles. The average molecular weight is 194 g/mol. The number of anilines is 1. The Morgan fingerprint density at radius 1 is 1.50 bits per heavy atom. The molecule has 0 aliphatic rings. The summed E-state index contributed by atoms with van der Waals surface area (Å²) < 4.78 is 9.92. The molecular formula is C8H10N4O2. The van der Waals surface area contributed by atoms with Crippen LogP contribution in [0.15, 0.2) is 21.5 Å². The van der Waals surface area contributed by atoms with E-state index in [1.165, 1.54) is 6.33 Å². The van der Waals surface area contributed by atoms with Crippen molar-refractivity contribution in [2.24, 2.45) is 0 Å². The van der Waals surface area contributed by atoms with Crippen molar-refractivity contribution in [1.82, 2.24) is 15.1 Å². The minimum Gasteiger partial charge on any atom is -0.432 e. The summed E-state index contributed by atoms with van der Waals surface area (Å²) in [6.07, 6.45) is 3.63. The van der Waals surface area contributed by atoms with Gasteiger partial charge >= 0.3 is 0 Å². The van der Waals surface area contributed by atoms with Crippen molar-refractivity contribution in [1.29, 1.82) is 0 Å². The van der Waals surface area contributed by atoms with E-state index in [0.717, 1.165) is 5.69 Å². The molecule has 0 unspecified atom stereocenters. The van der Waals surface area contributed by atoms with Gasteiger partial charge in [0, 0.05) is 13.0 Å². The number of aryl methyl sites for hydroxylation is 1. The highest BCUT2D eigenvalue weighted by atomic mass is 16.5. The van der Waals surface area contributed by atoms with Crippen molar-refractivity contribution in [3.05, 3.63) is 24.2 Å². The number of oxazole rings is 1. The highest BCUT2D eigenvalue weighted by Gasteiger charge is 2.01. The van der Waals surface area contributed by atoms with Gasteiger partial charge in [-0.1, -0.05) is 5.16 Å². The Morgan fingerprint density at radius 2 is 2.43 bits per heavy atom. The predicted molar refractivity (Wildman–Crippen MR) is 47.7 cm³/mol. The molecule has 0 atom stereocenters. The second kappa shape index (κ2) is 3.91. The molecular weight excluding hydrogens is 184 g/mol. The molecule has 1 N–H and O–H groups in total. The van der Waals surface area contributed by atoms with Crippen molar-refractivity contribution in [3.8, 4) is 0 Å². The van der Waals surface area contributed by atoms with E-state index in [4.69, 9.17) is 8.94 Å². The Hall–Kier alpha value is -1.85. The van der Waals surface area contributed by atoms with Crippen LogP contribution in [-0.2, 0) is 6.42 Å². The number of nitrogens with zero attached hydrogens (tertiary/aromatic N) is 3. The summed E-state index contributed by atoms with van der Waals surface area (Å²) in [5.41, 5.74) is 0.852. The van der Waals surface area contributed by atoms with Crippen molar-refractivity contribution < 1.29 is 8.94 Å². The van der Waals surface area contributed by atoms with Crippen LogP contribution >= 0.6 is 0 Å². The molecule has 6 heteroatoms. The molecule has 2 aromatic rings. The number of aromatic nitrogens is 3. The molecule has 0 amide bonds. The largest absolute Gasteiger partial charge is 0.432 e. The SMILES string of the molecule is Cc1coc(NCCc2ncno2)n1. The van der Waals surface area contributed by atoms with Crippen LogP contribution in [0.5, 0.6) is 0 Å². The van der Waals surface area contributed by atoms with E-state index >= 15 is 0 Å². The van der Waals surface area contributed by atoms with Gasteiger partial charge in [0.1, 0.15) is 6.26 Å². The Labute approximate surface area is 80.3 Å². The van der Waals surface area contributed by atoms with E-state index in [0.29, 0.717) is 24.9 Å². The number of hydrogen-bond acceptors (Lipinski definition) is 6. The average Bonchev–Trinajstić information content (AvgIpc) is 2.77. The lowest BCUT2D eigenvalue weighted by molar-refractivity contribution is 0.379. The van der Waals surface area contributed by atoms with E-state index in [-0.39, 0.29) is 0 Å². The normalized spacial score (nSPS) is 10.4. The molecule has 0 aliphatic heterocycles. The first-order chi connectivity index (χ1) is 6.84. The van der Waals surface area contributed by atoms with Crippen molar-refractivity contribution >= 4 is 6.01 Å². The zero-order valence-corrected chi connectivity index (χ0v) is 7.73. The smallest absolute Gasteiger partial charge is 0.294 e. The fourth-order valence-electron chi connectivity index (χ4n) is 1.02. The molecule has 0 radical (unpaired) electrons. The van der Waals surface area contributed by atoms with Gasteiger partial charge in [-0.2, -0.15) is 9.97 Å². The fourth-order valence-corrected chi connectivity index (χ4v) is 1.02. The molecule has 2 heterocycles. The van der Waals surface area contributed by atoms with Crippen LogP contribution in [-0.4, -0.2) is 21.7 Å². The summed E-state index contributed by atoms with van der Waals surface area (Å²) in [5.74, 6) is 0.598. The Balaban J connectivity index is 1.78. The zero-order chi connectivity index (χ0) is 9.80. The lowest BCUT2D eigenvalue weighted by Crippen LogP contribution is -2.05. The van der Waals surface area contributed by atoms with Gasteiger partial charge in [-0.05, 0) is 6.92 Å². The highest BCUT2D eigenvalue weighted by Crippen LogP contribution is 2.05. The van der Waals surface area contributed by atoms with Gasteiger partial charge in [0.15, 0.2) is 6.33 Å². The van der Waals surface area contributed by atoms with E-state index in [1.54, 1.807) is 6.26 Å². The van der Waals surface area contributed by atoms with Crippen LogP contribution < -0.4 is 5.32 Å². The standard InChI is InChI=1S/C8H10N4O2/c1-6-4-13-8(12-6)9-3-2-7-10-5-11-14-7/h4-5H,2-3H2,1H3,(H,9,12). The Bertz CT molecular complexity index is 382.